The summed E-state index contributed by atoms with van der Waals surface area (Å²) in [7, 11) is 1.66. The number of methoxy groups -OCH3 is 1. The summed E-state index contributed by atoms with van der Waals surface area (Å²) in [4.78, 5) is 10.8. The van der Waals surface area contributed by atoms with Crippen molar-refractivity contribution in [3.8, 4) is 0 Å². The summed E-state index contributed by atoms with van der Waals surface area (Å²) in [5.74, 6) is 0.0225. The highest BCUT2D eigenvalue weighted by atomic mass is 16.6. The van der Waals surface area contributed by atoms with Crippen molar-refractivity contribution in [2.24, 2.45) is 5.92 Å². The minimum absolute atomic E-state index is 0.0225. The fraction of sp³-hybridized carbons (Fsp3) is 0.824. The Balaban J connectivity index is 2.18. The third-order valence-corrected chi connectivity index (χ3v) is 4.83. The fourth-order valence-corrected chi connectivity index (χ4v) is 3.68. The Bertz CT molecular complexity index is 421. The molecule has 1 heterocycles. The molecule has 3 unspecified atom stereocenters. The van der Waals surface area contributed by atoms with Gasteiger partial charge in [-0.1, -0.05) is 11.6 Å². The van der Waals surface area contributed by atoms with Gasteiger partial charge in [-0.2, -0.15) is 0 Å². The largest absolute Gasteiger partial charge is 0.462 e. The Morgan fingerprint density at radius 3 is 2.59 bits per heavy atom. The summed E-state index contributed by atoms with van der Waals surface area (Å²) in [6, 6.07) is 0. The molecule has 0 bridgehead atoms. The van der Waals surface area contributed by atoms with Crippen LogP contribution in [0, 0.1) is 5.92 Å². The first-order valence-corrected chi connectivity index (χ1v) is 7.89. The molecule has 126 valence electrons. The molecule has 4 atom stereocenters. The van der Waals surface area contributed by atoms with Crippen molar-refractivity contribution in [2.75, 3.05) is 20.3 Å². The van der Waals surface area contributed by atoms with Crippen molar-refractivity contribution in [2.45, 2.75) is 63.9 Å². The van der Waals surface area contributed by atoms with Crippen molar-refractivity contribution >= 4 is 6.47 Å². The number of hydrogen-bond acceptors (Lipinski definition) is 5. The molecule has 1 aliphatic heterocycles. The molecule has 2 fully saturated rings. The van der Waals surface area contributed by atoms with E-state index in [1.807, 2.05) is 13.8 Å². The molecule has 0 aromatic carbocycles. The van der Waals surface area contributed by atoms with Crippen LogP contribution in [0.4, 0.5) is 0 Å². The Labute approximate surface area is 132 Å². The van der Waals surface area contributed by atoms with E-state index in [-0.39, 0.29) is 23.7 Å². The second kappa shape index (κ2) is 6.69. The molecular formula is C17H28O5. The monoisotopic (exact) mass is 312 g/mol. The van der Waals surface area contributed by atoms with E-state index >= 15 is 0 Å². The smallest absolute Gasteiger partial charge is 0.293 e. The van der Waals surface area contributed by atoms with Crippen LogP contribution < -0.4 is 0 Å². The van der Waals surface area contributed by atoms with Crippen LogP contribution in [0.15, 0.2) is 11.6 Å². The van der Waals surface area contributed by atoms with E-state index in [9.17, 15) is 4.79 Å². The van der Waals surface area contributed by atoms with Crippen LogP contribution in [0.25, 0.3) is 0 Å². The minimum atomic E-state index is -0.436. The van der Waals surface area contributed by atoms with Crippen molar-refractivity contribution in [3.63, 3.8) is 0 Å². The lowest BCUT2D eigenvalue weighted by atomic mass is 9.68. The maximum absolute atomic E-state index is 10.8. The standard InChI is InChI=1S/C17H28O5/c1-12(2)7-9-21-16(3,4)15-14(19-5)13(20-11-18)6-8-17(15)10-22-17/h7,11,13-15H,6,8-10H2,1-5H3/t13?,14?,15?,17-/m0/s1. The van der Waals surface area contributed by atoms with Gasteiger partial charge in [0, 0.05) is 13.0 Å². The average molecular weight is 312 g/mol. The zero-order valence-corrected chi connectivity index (χ0v) is 14.3. The Morgan fingerprint density at radius 2 is 2.09 bits per heavy atom. The zero-order chi connectivity index (χ0) is 16.4. The van der Waals surface area contributed by atoms with Gasteiger partial charge in [0.1, 0.15) is 12.2 Å². The van der Waals surface area contributed by atoms with Crippen LogP contribution in [0.2, 0.25) is 0 Å². The number of rotatable bonds is 7. The van der Waals surface area contributed by atoms with Gasteiger partial charge in [0.05, 0.1) is 24.4 Å². The second-order valence-corrected chi connectivity index (χ2v) is 7.04. The van der Waals surface area contributed by atoms with Crippen LogP contribution in [0.5, 0.6) is 0 Å². The van der Waals surface area contributed by atoms with E-state index in [1.54, 1.807) is 7.11 Å². The molecule has 5 nitrogen and oxygen atoms in total. The van der Waals surface area contributed by atoms with Crippen LogP contribution in [-0.2, 0) is 23.7 Å². The van der Waals surface area contributed by atoms with Gasteiger partial charge in [0.2, 0.25) is 0 Å². The summed E-state index contributed by atoms with van der Waals surface area (Å²) in [6.45, 7) is 10.0. The summed E-state index contributed by atoms with van der Waals surface area (Å²) in [5, 5.41) is 0. The third kappa shape index (κ3) is 3.53. The number of hydrogen-bond donors (Lipinski definition) is 0. The van der Waals surface area contributed by atoms with E-state index < -0.39 is 5.60 Å². The lowest BCUT2D eigenvalue weighted by molar-refractivity contribution is -0.184. The molecule has 2 aliphatic rings. The lowest BCUT2D eigenvalue weighted by Crippen LogP contribution is -2.58. The van der Waals surface area contributed by atoms with E-state index in [2.05, 4.69) is 19.9 Å². The van der Waals surface area contributed by atoms with Crippen molar-refractivity contribution in [1.82, 2.24) is 0 Å². The van der Waals surface area contributed by atoms with Gasteiger partial charge in [0.15, 0.2) is 0 Å². The first-order valence-electron chi connectivity index (χ1n) is 7.89. The average Bonchev–Trinajstić information content (AvgIpc) is 3.20. The van der Waals surface area contributed by atoms with Gasteiger partial charge in [0.25, 0.3) is 6.47 Å². The molecule has 1 aliphatic carbocycles. The van der Waals surface area contributed by atoms with Gasteiger partial charge < -0.3 is 18.9 Å². The molecule has 0 amide bonds. The molecule has 2 rings (SSSR count). The Morgan fingerprint density at radius 1 is 1.41 bits per heavy atom. The molecule has 0 radical (unpaired) electrons. The van der Waals surface area contributed by atoms with Crippen LogP contribution in [0.1, 0.15) is 40.5 Å². The number of allylic oxidation sites excluding steroid dienone is 1. The lowest BCUT2D eigenvalue weighted by Gasteiger charge is -2.47. The van der Waals surface area contributed by atoms with E-state index in [4.69, 9.17) is 18.9 Å². The molecule has 22 heavy (non-hydrogen) atoms. The van der Waals surface area contributed by atoms with Gasteiger partial charge in [-0.25, -0.2) is 0 Å². The molecule has 0 N–H and O–H groups in total. The molecule has 0 aromatic rings. The van der Waals surface area contributed by atoms with Gasteiger partial charge in [-0.3, -0.25) is 4.79 Å². The number of carbonyl (C=O) groups is 1. The number of ether oxygens (including phenoxy) is 4. The topological polar surface area (TPSA) is 57.3 Å². The SMILES string of the molecule is COC1C(OC=O)CC[C@]2(CO2)C1C(C)(C)OCC=C(C)C. The van der Waals surface area contributed by atoms with Crippen molar-refractivity contribution < 1.29 is 23.7 Å². The van der Waals surface area contributed by atoms with E-state index in [1.165, 1.54) is 5.57 Å². The molecule has 1 saturated heterocycles. The van der Waals surface area contributed by atoms with E-state index in [0.717, 1.165) is 19.4 Å². The van der Waals surface area contributed by atoms with Gasteiger partial charge in [-0.15, -0.1) is 0 Å². The summed E-state index contributed by atoms with van der Waals surface area (Å²) >= 11 is 0. The van der Waals surface area contributed by atoms with Crippen LogP contribution in [0.3, 0.4) is 0 Å². The van der Waals surface area contributed by atoms with Crippen LogP contribution >= 0.6 is 0 Å². The molecule has 1 spiro atoms. The van der Waals surface area contributed by atoms with Gasteiger partial charge >= 0.3 is 0 Å². The second-order valence-electron chi connectivity index (χ2n) is 7.04. The summed E-state index contributed by atoms with van der Waals surface area (Å²) in [6.07, 6.45) is 3.23. The van der Waals surface area contributed by atoms with Crippen molar-refractivity contribution in [3.05, 3.63) is 11.6 Å². The fourth-order valence-electron chi connectivity index (χ4n) is 3.68. The van der Waals surface area contributed by atoms with Gasteiger partial charge in [-0.05, 0) is 40.5 Å². The summed E-state index contributed by atoms with van der Waals surface area (Å²) in [5.41, 5.74) is 0.591. The Kier molecular flexibility index (Phi) is 5.30. The number of epoxide rings is 1. The predicted molar refractivity (Wildman–Crippen MR) is 82.6 cm³/mol. The van der Waals surface area contributed by atoms with Crippen molar-refractivity contribution in [1.29, 1.82) is 0 Å². The predicted octanol–water partition coefficient (Wildman–Crippen LogP) is 2.48. The normalized spacial score (nSPS) is 34.3. The maximum atomic E-state index is 10.8. The maximum Gasteiger partial charge on any atom is 0.293 e. The quantitative estimate of drug-likeness (QED) is 0.411. The molecule has 1 saturated carbocycles. The zero-order valence-electron chi connectivity index (χ0n) is 14.3. The highest BCUT2D eigenvalue weighted by Crippen LogP contribution is 2.52. The van der Waals surface area contributed by atoms with Crippen LogP contribution in [-0.4, -0.2) is 50.2 Å². The first kappa shape index (κ1) is 17.4. The third-order valence-electron chi connectivity index (χ3n) is 4.83. The van der Waals surface area contributed by atoms with E-state index in [0.29, 0.717) is 13.1 Å². The molecule has 0 aromatic heterocycles. The number of carbonyl (C=O) groups excluding carboxylic acids is 1. The molecular weight excluding hydrogens is 284 g/mol. The highest BCUT2D eigenvalue weighted by Gasteiger charge is 2.64. The molecule has 5 heteroatoms. The Hall–Kier alpha value is -0.910. The minimum Gasteiger partial charge on any atom is -0.462 e. The summed E-state index contributed by atoms with van der Waals surface area (Å²) < 4.78 is 22.9. The highest BCUT2D eigenvalue weighted by molar-refractivity contribution is 5.38. The first-order chi connectivity index (χ1) is 10.4.